The van der Waals surface area contributed by atoms with E-state index in [4.69, 9.17) is 0 Å². The van der Waals surface area contributed by atoms with Crippen LogP contribution < -0.4 is 0 Å². The van der Waals surface area contributed by atoms with E-state index in [9.17, 15) is 5.11 Å². The molecule has 1 N–H and O–H groups in total. The third kappa shape index (κ3) is 5.53. The number of aliphatic hydroxyl groups excluding tert-OH is 1. The van der Waals surface area contributed by atoms with Gasteiger partial charge in [-0.05, 0) is 34.4 Å². The van der Waals surface area contributed by atoms with Crippen molar-refractivity contribution in [3.8, 4) is 0 Å². The molecule has 4 aromatic carbocycles. The van der Waals surface area contributed by atoms with Crippen LogP contribution in [-0.4, -0.2) is 47.6 Å². The van der Waals surface area contributed by atoms with Crippen LogP contribution >= 0.6 is 11.8 Å². The summed E-state index contributed by atoms with van der Waals surface area (Å²) in [5.74, 6) is 0.887. The first-order valence-corrected chi connectivity index (χ1v) is 13.1. The lowest BCUT2D eigenvalue weighted by molar-refractivity contribution is -0.0285. The van der Waals surface area contributed by atoms with Crippen LogP contribution in [0.15, 0.2) is 102 Å². The molecule has 5 rings (SSSR count). The summed E-state index contributed by atoms with van der Waals surface area (Å²) in [5, 5.41) is 13.9. The Morgan fingerprint density at radius 1 is 0.735 bits per heavy atom. The fourth-order valence-corrected chi connectivity index (χ4v) is 5.84. The summed E-state index contributed by atoms with van der Waals surface area (Å²) in [6.07, 6.45) is 0.518. The van der Waals surface area contributed by atoms with Gasteiger partial charge in [0, 0.05) is 48.9 Å². The average Bonchev–Trinajstić information content (AvgIpc) is 2.91. The molecule has 0 amide bonds. The Bertz CT molecular complexity index is 1200. The third-order valence-corrected chi connectivity index (χ3v) is 7.91. The van der Waals surface area contributed by atoms with Gasteiger partial charge in [-0.3, -0.25) is 4.90 Å². The molecule has 1 aliphatic rings. The van der Waals surface area contributed by atoms with E-state index in [0.717, 1.165) is 55.4 Å². The maximum absolute atomic E-state index is 11.3. The number of aliphatic hydroxyl groups is 1. The summed E-state index contributed by atoms with van der Waals surface area (Å²) in [4.78, 5) is 5.89. The maximum atomic E-state index is 11.3. The Morgan fingerprint density at radius 3 is 2.29 bits per heavy atom. The molecule has 1 heterocycles. The second-order valence-electron chi connectivity index (χ2n) is 8.95. The van der Waals surface area contributed by atoms with Crippen molar-refractivity contribution in [2.75, 3.05) is 32.7 Å². The lowest BCUT2D eigenvalue weighted by atomic mass is 10.1. The van der Waals surface area contributed by atoms with E-state index in [1.807, 2.05) is 17.8 Å². The van der Waals surface area contributed by atoms with Gasteiger partial charge < -0.3 is 10.0 Å². The van der Waals surface area contributed by atoms with Gasteiger partial charge in [-0.1, -0.05) is 91.0 Å². The average molecular weight is 469 g/mol. The van der Waals surface area contributed by atoms with Crippen LogP contribution in [0.2, 0.25) is 0 Å². The van der Waals surface area contributed by atoms with Gasteiger partial charge in [0.2, 0.25) is 0 Å². The number of fused-ring (bicyclic) bond motifs is 1. The van der Waals surface area contributed by atoms with Gasteiger partial charge >= 0.3 is 0 Å². The smallest absolute Gasteiger partial charge is 0.134 e. The fourth-order valence-electron chi connectivity index (χ4n) is 4.76. The lowest BCUT2D eigenvalue weighted by Gasteiger charge is -2.37. The summed E-state index contributed by atoms with van der Waals surface area (Å²) in [6.45, 7) is 4.84. The molecular formula is C30H32N2OS. The molecular weight excluding hydrogens is 436 g/mol. The Kier molecular flexibility index (Phi) is 7.62. The van der Waals surface area contributed by atoms with Crippen molar-refractivity contribution in [2.24, 2.45) is 0 Å². The predicted molar refractivity (Wildman–Crippen MR) is 143 cm³/mol. The molecule has 0 unspecified atom stereocenters. The van der Waals surface area contributed by atoms with Crippen LogP contribution in [0, 0.1) is 0 Å². The number of hydrogen-bond acceptors (Lipinski definition) is 4. The SMILES string of the molecule is O[C@H](c1ccccc1SCc1cccc2ccccc12)N1CCN(CCc2ccccc2)CC1. The molecule has 174 valence electrons. The predicted octanol–water partition coefficient (Wildman–Crippen LogP) is 5.98. The molecule has 3 nitrogen and oxygen atoms in total. The summed E-state index contributed by atoms with van der Waals surface area (Å²) >= 11 is 1.82. The molecule has 0 saturated carbocycles. The largest absolute Gasteiger partial charge is 0.374 e. The molecule has 0 bridgehead atoms. The molecule has 0 spiro atoms. The molecule has 34 heavy (non-hydrogen) atoms. The standard InChI is InChI=1S/C30H32N2OS/c33-30(32-21-19-31(20-22-32)18-17-24-9-2-1-3-10-24)28-15-6-7-16-29(28)34-23-26-13-8-12-25-11-4-5-14-27(25)26/h1-16,30,33H,17-23H2/t30-/m1/s1. The first-order valence-electron chi connectivity index (χ1n) is 12.1. The van der Waals surface area contributed by atoms with E-state index in [1.165, 1.54) is 21.9 Å². The van der Waals surface area contributed by atoms with Crippen LogP contribution in [-0.2, 0) is 12.2 Å². The molecule has 4 heteroatoms. The van der Waals surface area contributed by atoms with E-state index >= 15 is 0 Å². The fraction of sp³-hybridized carbons (Fsp3) is 0.267. The first kappa shape index (κ1) is 23.1. The van der Waals surface area contributed by atoms with Gasteiger partial charge in [0.1, 0.15) is 6.23 Å². The number of hydrogen-bond donors (Lipinski definition) is 1. The second-order valence-corrected chi connectivity index (χ2v) is 9.97. The molecule has 0 radical (unpaired) electrons. The van der Waals surface area contributed by atoms with Crippen LogP contribution in [0.4, 0.5) is 0 Å². The van der Waals surface area contributed by atoms with Crippen LogP contribution in [0.1, 0.15) is 22.9 Å². The van der Waals surface area contributed by atoms with E-state index < -0.39 is 6.23 Å². The van der Waals surface area contributed by atoms with Crippen molar-refractivity contribution in [3.05, 3.63) is 114 Å². The summed E-state index contributed by atoms with van der Waals surface area (Å²) < 4.78 is 0. The van der Waals surface area contributed by atoms with Gasteiger partial charge in [0.25, 0.3) is 0 Å². The highest BCUT2D eigenvalue weighted by Gasteiger charge is 2.25. The Balaban J connectivity index is 1.20. The van der Waals surface area contributed by atoms with E-state index in [1.54, 1.807) is 0 Å². The number of nitrogens with zero attached hydrogens (tertiary/aromatic N) is 2. The van der Waals surface area contributed by atoms with Crippen LogP contribution in [0.3, 0.4) is 0 Å². The summed E-state index contributed by atoms with van der Waals surface area (Å²) in [6, 6.07) is 34.1. The molecule has 4 aromatic rings. The van der Waals surface area contributed by atoms with Gasteiger partial charge in [-0.15, -0.1) is 11.8 Å². The summed E-state index contributed by atoms with van der Waals surface area (Å²) in [7, 11) is 0. The minimum atomic E-state index is -0.563. The van der Waals surface area contributed by atoms with E-state index in [2.05, 4.69) is 101 Å². The highest BCUT2D eigenvalue weighted by Crippen LogP contribution is 2.33. The molecule has 1 aliphatic heterocycles. The zero-order chi connectivity index (χ0) is 23.2. The quantitative estimate of drug-likeness (QED) is 0.322. The van der Waals surface area contributed by atoms with Gasteiger partial charge in [0.05, 0.1) is 0 Å². The van der Waals surface area contributed by atoms with Gasteiger partial charge in [-0.2, -0.15) is 0 Å². The highest BCUT2D eigenvalue weighted by atomic mass is 32.2. The molecule has 0 aliphatic carbocycles. The van der Waals surface area contributed by atoms with Crippen molar-refractivity contribution in [1.82, 2.24) is 9.80 Å². The van der Waals surface area contributed by atoms with Crippen LogP contribution in [0.25, 0.3) is 10.8 Å². The zero-order valence-corrected chi connectivity index (χ0v) is 20.3. The molecule has 0 aromatic heterocycles. The minimum absolute atomic E-state index is 0.563. The number of thioether (sulfide) groups is 1. The van der Waals surface area contributed by atoms with E-state index in [-0.39, 0.29) is 0 Å². The third-order valence-electron chi connectivity index (χ3n) is 6.77. The molecule has 1 atom stereocenters. The Hall–Kier alpha value is -2.63. The molecule has 1 saturated heterocycles. The van der Waals surface area contributed by atoms with Crippen molar-refractivity contribution >= 4 is 22.5 Å². The van der Waals surface area contributed by atoms with Crippen molar-refractivity contribution in [3.63, 3.8) is 0 Å². The topological polar surface area (TPSA) is 26.7 Å². The lowest BCUT2D eigenvalue weighted by Crippen LogP contribution is -2.48. The number of piperazine rings is 1. The highest BCUT2D eigenvalue weighted by molar-refractivity contribution is 7.98. The monoisotopic (exact) mass is 468 g/mol. The second kappa shape index (κ2) is 11.2. The molecule has 1 fully saturated rings. The van der Waals surface area contributed by atoms with Crippen LogP contribution in [0.5, 0.6) is 0 Å². The van der Waals surface area contributed by atoms with Crippen molar-refractivity contribution in [2.45, 2.75) is 23.3 Å². The number of rotatable bonds is 8. The van der Waals surface area contributed by atoms with Crippen molar-refractivity contribution in [1.29, 1.82) is 0 Å². The zero-order valence-electron chi connectivity index (χ0n) is 19.5. The van der Waals surface area contributed by atoms with E-state index in [0.29, 0.717) is 0 Å². The Morgan fingerprint density at radius 2 is 1.44 bits per heavy atom. The van der Waals surface area contributed by atoms with Gasteiger partial charge in [-0.25, -0.2) is 0 Å². The number of benzene rings is 4. The van der Waals surface area contributed by atoms with Gasteiger partial charge in [0.15, 0.2) is 0 Å². The maximum Gasteiger partial charge on any atom is 0.134 e. The normalized spacial score (nSPS) is 16.0. The van der Waals surface area contributed by atoms with Crippen molar-refractivity contribution < 1.29 is 5.11 Å². The first-order chi connectivity index (χ1) is 16.8. The summed E-state index contributed by atoms with van der Waals surface area (Å²) in [5.41, 5.74) is 3.74. The minimum Gasteiger partial charge on any atom is -0.374 e. The Labute approximate surface area is 207 Å².